The van der Waals surface area contributed by atoms with Gasteiger partial charge in [0.15, 0.2) is 5.82 Å². The number of terminal acetylenes is 1. The molecule has 7 nitrogen and oxygen atoms in total. The lowest BCUT2D eigenvalue weighted by atomic mass is 10.0. The molecule has 1 amide bonds. The Kier molecular flexibility index (Phi) is 5.16. The Hall–Kier alpha value is -3.79. The van der Waals surface area contributed by atoms with Crippen LogP contribution in [0.4, 0.5) is 11.5 Å². The highest BCUT2D eigenvalue weighted by Crippen LogP contribution is 2.30. The molecule has 1 aliphatic heterocycles. The van der Waals surface area contributed by atoms with E-state index in [1.54, 1.807) is 18.6 Å². The summed E-state index contributed by atoms with van der Waals surface area (Å²) >= 11 is 0. The SMILES string of the molecule is C#Cc1cnc(C[C@@H]2CCN(c3nncc4cc(NC(=O)C=C)ccc34)C2)nc1. The van der Waals surface area contributed by atoms with E-state index in [9.17, 15) is 4.79 Å². The fourth-order valence-corrected chi connectivity index (χ4v) is 3.56. The van der Waals surface area contributed by atoms with Crippen LogP contribution in [0.25, 0.3) is 10.8 Å². The second-order valence-electron chi connectivity index (χ2n) is 7.00. The van der Waals surface area contributed by atoms with E-state index in [0.29, 0.717) is 17.2 Å². The molecular weight excluding hydrogens is 364 g/mol. The number of carbonyl (C=O) groups is 1. The molecule has 3 heterocycles. The molecule has 0 radical (unpaired) electrons. The highest BCUT2D eigenvalue weighted by molar-refractivity contribution is 6.01. The number of nitrogens with zero attached hydrogens (tertiary/aromatic N) is 5. The molecule has 1 atom stereocenters. The molecule has 1 fully saturated rings. The van der Waals surface area contributed by atoms with Gasteiger partial charge >= 0.3 is 0 Å². The first kappa shape index (κ1) is 18.6. The quantitative estimate of drug-likeness (QED) is 0.538. The zero-order valence-electron chi connectivity index (χ0n) is 15.9. The van der Waals surface area contributed by atoms with Crippen molar-refractivity contribution in [2.75, 3.05) is 23.3 Å². The van der Waals surface area contributed by atoms with Crippen LogP contribution in [0.15, 0.2) is 49.4 Å². The fourth-order valence-electron chi connectivity index (χ4n) is 3.56. The van der Waals surface area contributed by atoms with Crippen LogP contribution in [0.3, 0.4) is 0 Å². The molecular formula is C22H20N6O. The topological polar surface area (TPSA) is 83.9 Å². The van der Waals surface area contributed by atoms with Gasteiger partial charge in [0.25, 0.3) is 0 Å². The number of hydrogen-bond acceptors (Lipinski definition) is 6. The first-order valence-electron chi connectivity index (χ1n) is 9.37. The van der Waals surface area contributed by atoms with Crippen molar-refractivity contribution in [2.45, 2.75) is 12.8 Å². The van der Waals surface area contributed by atoms with Gasteiger partial charge in [-0.15, -0.1) is 11.5 Å². The van der Waals surface area contributed by atoms with Gasteiger partial charge in [0.1, 0.15) is 5.82 Å². The Bertz CT molecular complexity index is 1100. The molecule has 144 valence electrons. The van der Waals surface area contributed by atoms with Crippen molar-refractivity contribution in [1.82, 2.24) is 20.2 Å². The Morgan fingerprint density at radius 2 is 2.17 bits per heavy atom. The number of hydrogen-bond donors (Lipinski definition) is 1. The molecule has 29 heavy (non-hydrogen) atoms. The van der Waals surface area contributed by atoms with E-state index in [1.807, 2.05) is 18.2 Å². The van der Waals surface area contributed by atoms with E-state index in [2.05, 4.69) is 42.9 Å². The fraction of sp³-hybridized carbons (Fsp3) is 0.227. The van der Waals surface area contributed by atoms with Crippen molar-refractivity contribution in [3.8, 4) is 12.3 Å². The third-order valence-electron chi connectivity index (χ3n) is 5.02. The highest BCUT2D eigenvalue weighted by Gasteiger charge is 2.26. The summed E-state index contributed by atoms with van der Waals surface area (Å²) in [5, 5.41) is 13.2. The zero-order valence-corrected chi connectivity index (χ0v) is 15.9. The molecule has 1 aliphatic rings. The Morgan fingerprint density at radius 1 is 1.34 bits per heavy atom. The van der Waals surface area contributed by atoms with Crippen LogP contribution in [0.1, 0.15) is 17.8 Å². The number of nitrogens with one attached hydrogen (secondary N) is 1. The summed E-state index contributed by atoms with van der Waals surface area (Å²) in [4.78, 5) is 22.5. The lowest BCUT2D eigenvalue weighted by Crippen LogP contribution is -2.22. The molecule has 2 aromatic heterocycles. The maximum Gasteiger partial charge on any atom is 0.247 e. The predicted molar refractivity (Wildman–Crippen MR) is 112 cm³/mol. The highest BCUT2D eigenvalue weighted by atomic mass is 16.1. The lowest BCUT2D eigenvalue weighted by molar-refractivity contribution is -0.111. The van der Waals surface area contributed by atoms with E-state index in [-0.39, 0.29) is 5.91 Å². The summed E-state index contributed by atoms with van der Waals surface area (Å²) in [6, 6.07) is 5.72. The Balaban J connectivity index is 1.50. The molecule has 3 aromatic rings. The molecule has 1 N–H and O–H groups in total. The third-order valence-corrected chi connectivity index (χ3v) is 5.02. The van der Waals surface area contributed by atoms with Crippen molar-refractivity contribution >= 4 is 28.2 Å². The van der Waals surface area contributed by atoms with Gasteiger partial charge in [-0.3, -0.25) is 4.79 Å². The van der Waals surface area contributed by atoms with Crippen molar-refractivity contribution in [2.24, 2.45) is 5.92 Å². The average molecular weight is 384 g/mol. The summed E-state index contributed by atoms with van der Waals surface area (Å²) in [7, 11) is 0. The van der Waals surface area contributed by atoms with Crippen LogP contribution in [-0.2, 0) is 11.2 Å². The molecule has 0 spiro atoms. The van der Waals surface area contributed by atoms with Crippen LogP contribution in [0.2, 0.25) is 0 Å². The Labute approximate surface area is 168 Å². The van der Waals surface area contributed by atoms with E-state index < -0.39 is 0 Å². The molecule has 0 unspecified atom stereocenters. The number of aromatic nitrogens is 4. The number of benzene rings is 1. The van der Waals surface area contributed by atoms with Crippen molar-refractivity contribution in [3.63, 3.8) is 0 Å². The monoisotopic (exact) mass is 384 g/mol. The average Bonchev–Trinajstić information content (AvgIpc) is 3.22. The van der Waals surface area contributed by atoms with Crippen molar-refractivity contribution in [1.29, 1.82) is 0 Å². The standard InChI is InChI=1S/C22H20N6O/c1-3-15-11-23-20(24-12-15)9-16-7-8-28(14-16)22-19-6-5-18(26-21(29)4-2)10-17(19)13-25-27-22/h1,4-6,10-13,16H,2,7-9,14H2,(H,26,29)/t16-/m0/s1. The largest absolute Gasteiger partial charge is 0.354 e. The van der Waals surface area contributed by atoms with Crippen LogP contribution < -0.4 is 10.2 Å². The molecule has 0 bridgehead atoms. The molecule has 0 saturated carbocycles. The molecule has 0 aliphatic carbocycles. The second-order valence-corrected chi connectivity index (χ2v) is 7.00. The van der Waals surface area contributed by atoms with Gasteiger partial charge in [-0.2, -0.15) is 5.10 Å². The van der Waals surface area contributed by atoms with Gasteiger partial charge in [0.2, 0.25) is 5.91 Å². The number of anilines is 2. The van der Waals surface area contributed by atoms with E-state index in [0.717, 1.165) is 48.3 Å². The smallest absolute Gasteiger partial charge is 0.247 e. The summed E-state index contributed by atoms with van der Waals surface area (Å²) < 4.78 is 0. The van der Waals surface area contributed by atoms with E-state index in [4.69, 9.17) is 6.42 Å². The van der Waals surface area contributed by atoms with Crippen LogP contribution in [0.5, 0.6) is 0 Å². The molecule has 4 rings (SSSR count). The van der Waals surface area contributed by atoms with Gasteiger partial charge in [0.05, 0.1) is 11.8 Å². The maximum atomic E-state index is 11.5. The number of fused-ring (bicyclic) bond motifs is 1. The van der Waals surface area contributed by atoms with Gasteiger partial charge in [-0.05, 0) is 36.6 Å². The third kappa shape index (κ3) is 4.06. The number of rotatable bonds is 5. The summed E-state index contributed by atoms with van der Waals surface area (Å²) in [5.41, 5.74) is 1.39. The van der Waals surface area contributed by atoms with Gasteiger partial charge < -0.3 is 10.2 Å². The van der Waals surface area contributed by atoms with Gasteiger partial charge in [-0.25, -0.2) is 9.97 Å². The van der Waals surface area contributed by atoms with Crippen molar-refractivity contribution in [3.05, 3.63) is 60.8 Å². The van der Waals surface area contributed by atoms with Crippen molar-refractivity contribution < 1.29 is 4.79 Å². The summed E-state index contributed by atoms with van der Waals surface area (Å²) in [6.45, 7) is 5.24. The normalized spacial score (nSPS) is 15.8. The van der Waals surface area contributed by atoms with Gasteiger partial charge in [-0.1, -0.05) is 12.5 Å². The molecule has 7 heteroatoms. The minimum atomic E-state index is -0.244. The summed E-state index contributed by atoms with van der Waals surface area (Å²) in [5.74, 6) is 4.39. The maximum absolute atomic E-state index is 11.5. The van der Waals surface area contributed by atoms with Crippen LogP contribution in [0, 0.1) is 18.3 Å². The Morgan fingerprint density at radius 3 is 2.93 bits per heavy atom. The predicted octanol–water partition coefficient (Wildman–Crippen LogP) is 2.59. The summed E-state index contributed by atoms with van der Waals surface area (Å²) in [6.07, 6.45) is 13.5. The molecule has 1 saturated heterocycles. The second kappa shape index (κ2) is 8.07. The minimum Gasteiger partial charge on any atom is -0.354 e. The van der Waals surface area contributed by atoms with Gasteiger partial charge in [0, 0.05) is 48.4 Å². The van der Waals surface area contributed by atoms with E-state index >= 15 is 0 Å². The minimum absolute atomic E-state index is 0.244. The first-order chi connectivity index (χ1) is 14.2. The molecule has 1 aromatic carbocycles. The lowest BCUT2D eigenvalue weighted by Gasteiger charge is -2.19. The number of amides is 1. The zero-order chi connectivity index (χ0) is 20.2. The van der Waals surface area contributed by atoms with Crippen LogP contribution in [-0.4, -0.2) is 39.2 Å². The van der Waals surface area contributed by atoms with E-state index in [1.165, 1.54) is 6.08 Å². The number of carbonyl (C=O) groups excluding carboxylic acids is 1. The van der Waals surface area contributed by atoms with Crippen LogP contribution >= 0.6 is 0 Å². The first-order valence-corrected chi connectivity index (χ1v) is 9.37.